The molecule has 1 aromatic carbocycles. The Labute approximate surface area is 90.9 Å². The van der Waals surface area contributed by atoms with E-state index in [4.69, 9.17) is 10.3 Å². The van der Waals surface area contributed by atoms with Gasteiger partial charge in [-0.05, 0) is 12.1 Å². The number of nitrogens with two attached hydrogens (primary N) is 1. The average molecular weight is 212 g/mol. The molecule has 0 saturated heterocycles. The summed E-state index contributed by atoms with van der Waals surface area (Å²) in [6.07, 6.45) is 3.11. The van der Waals surface area contributed by atoms with Crippen molar-refractivity contribution in [3.8, 4) is 11.3 Å². The Morgan fingerprint density at radius 3 is 3.06 bits per heavy atom. The fourth-order valence-corrected chi connectivity index (χ4v) is 1.59. The molecule has 0 unspecified atom stereocenters. The molecule has 0 saturated carbocycles. The summed E-state index contributed by atoms with van der Waals surface area (Å²) in [5, 5.41) is 4.76. The Balaban J connectivity index is 2.26. The highest BCUT2D eigenvalue weighted by Gasteiger charge is 2.10. The molecule has 3 rings (SSSR count). The van der Waals surface area contributed by atoms with Crippen LogP contribution in [0, 0.1) is 0 Å². The standard InChI is InChI=1S/C11H8N4O/c12-8-3-1-2-7(4-8)10-9-5-13-6-14-11(9)16-15-10/h1-6H,12H2. The highest BCUT2D eigenvalue weighted by Crippen LogP contribution is 2.26. The lowest BCUT2D eigenvalue weighted by Gasteiger charge is -1.97. The van der Waals surface area contributed by atoms with Gasteiger partial charge in [0, 0.05) is 17.4 Å². The first-order valence-corrected chi connectivity index (χ1v) is 4.76. The number of fused-ring (bicyclic) bond motifs is 1. The fourth-order valence-electron chi connectivity index (χ4n) is 1.59. The van der Waals surface area contributed by atoms with E-state index < -0.39 is 0 Å². The number of nitrogens with zero attached hydrogens (tertiary/aromatic N) is 3. The zero-order chi connectivity index (χ0) is 11.0. The van der Waals surface area contributed by atoms with Gasteiger partial charge < -0.3 is 10.3 Å². The van der Waals surface area contributed by atoms with Crippen LogP contribution in [0.3, 0.4) is 0 Å². The lowest BCUT2D eigenvalue weighted by molar-refractivity contribution is 0.451. The summed E-state index contributed by atoms with van der Waals surface area (Å²) in [6.45, 7) is 0. The van der Waals surface area contributed by atoms with Gasteiger partial charge in [-0.3, -0.25) is 0 Å². The van der Waals surface area contributed by atoms with Crippen LogP contribution in [0.2, 0.25) is 0 Å². The molecular formula is C11H8N4O. The van der Waals surface area contributed by atoms with E-state index in [9.17, 15) is 0 Å². The SMILES string of the molecule is Nc1cccc(-c2noc3ncncc23)c1. The second kappa shape index (κ2) is 3.30. The van der Waals surface area contributed by atoms with E-state index in [0.29, 0.717) is 17.1 Å². The molecule has 3 aromatic rings. The molecule has 0 amide bonds. The minimum atomic E-state index is 0.479. The van der Waals surface area contributed by atoms with Gasteiger partial charge in [-0.15, -0.1) is 0 Å². The van der Waals surface area contributed by atoms with Crippen molar-refractivity contribution in [3.05, 3.63) is 36.8 Å². The van der Waals surface area contributed by atoms with Gasteiger partial charge in [0.1, 0.15) is 12.0 Å². The summed E-state index contributed by atoms with van der Waals surface area (Å²) in [4.78, 5) is 7.93. The van der Waals surface area contributed by atoms with Crippen molar-refractivity contribution in [2.24, 2.45) is 0 Å². The minimum absolute atomic E-state index is 0.479. The van der Waals surface area contributed by atoms with E-state index >= 15 is 0 Å². The van der Waals surface area contributed by atoms with Gasteiger partial charge in [0.05, 0.1) is 5.39 Å². The van der Waals surface area contributed by atoms with Crippen molar-refractivity contribution in [1.29, 1.82) is 0 Å². The Bertz CT molecular complexity index is 647. The van der Waals surface area contributed by atoms with Crippen molar-refractivity contribution in [3.63, 3.8) is 0 Å². The maximum atomic E-state index is 5.72. The second-order valence-corrected chi connectivity index (χ2v) is 3.40. The quantitative estimate of drug-likeness (QED) is 0.623. The molecule has 0 aliphatic carbocycles. The van der Waals surface area contributed by atoms with Gasteiger partial charge in [0.15, 0.2) is 0 Å². The summed E-state index contributed by atoms with van der Waals surface area (Å²) in [5.41, 5.74) is 8.49. The molecule has 0 aliphatic rings. The average Bonchev–Trinajstić information content (AvgIpc) is 2.72. The second-order valence-electron chi connectivity index (χ2n) is 3.40. The molecule has 0 aliphatic heterocycles. The molecule has 5 heteroatoms. The van der Waals surface area contributed by atoms with E-state index in [1.54, 1.807) is 6.20 Å². The topological polar surface area (TPSA) is 77.8 Å². The van der Waals surface area contributed by atoms with Gasteiger partial charge in [-0.2, -0.15) is 4.98 Å². The Kier molecular flexibility index (Phi) is 1.83. The first-order valence-electron chi connectivity index (χ1n) is 4.76. The summed E-state index contributed by atoms with van der Waals surface area (Å²) in [6, 6.07) is 7.45. The van der Waals surface area contributed by atoms with Crippen LogP contribution >= 0.6 is 0 Å². The van der Waals surface area contributed by atoms with Crippen LogP contribution in [-0.2, 0) is 0 Å². The number of anilines is 1. The third-order valence-electron chi connectivity index (χ3n) is 2.31. The maximum Gasteiger partial charge on any atom is 0.261 e. The van der Waals surface area contributed by atoms with Crippen molar-refractivity contribution in [2.45, 2.75) is 0 Å². The van der Waals surface area contributed by atoms with Gasteiger partial charge in [-0.1, -0.05) is 17.3 Å². The van der Waals surface area contributed by atoms with E-state index in [1.165, 1.54) is 6.33 Å². The monoisotopic (exact) mass is 212 g/mol. The largest absolute Gasteiger partial charge is 0.399 e. The van der Waals surface area contributed by atoms with Crippen molar-refractivity contribution < 1.29 is 4.52 Å². The molecule has 2 heterocycles. The summed E-state index contributed by atoms with van der Waals surface area (Å²) in [5.74, 6) is 0. The van der Waals surface area contributed by atoms with Crippen LogP contribution in [0.5, 0.6) is 0 Å². The number of rotatable bonds is 1. The van der Waals surface area contributed by atoms with Gasteiger partial charge >= 0.3 is 0 Å². The van der Waals surface area contributed by atoms with E-state index in [0.717, 1.165) is 10.9 Å². The smallest absolute Gasteiger partial charge is 0.261 e. The van der Waals surface area contributed by atoms with Gasteiger partial charge in [0.25, 0.3) is 5.71 Å². The normalized spacial score (nSPS) is 10.8. The molecule has 0 atom stereocenters. The van der Waals surface area contributed by atoms with Crippen molar-refractivity contribution in [2.75, 3.05) is 5.73 Å². The summed E-state index contributed by atoms with van der Waals surface area (Å²) in [7, 11) is 0. The molecule has 0 fully saturated rings. The molecular weight excluding hydrogens is 204 g/mol. The third-order valence-corrected chi connectivity index (χ3v) is 2.31. The van der Waals surface area contributed by atoms with Crippen molar-refractivity contribution in [1.82, 2.24) is 15.1 Å². The van der Waals surface area contributed by atoms with Crippen LogP contribution in [0.4, 0.5) is 5.69 Å². The number of benzene rings is 1. The minimum Gasteiger partial charge on any atom is -0.399 e. The number of hydrogen-bond donors (Lipinski definition) is 1. The van der Waals surface area contributed by atoms with Crippen LogP contribution in [0.15, 0.2) is 41.3 Å². The number of hydrogen-bond acceptors (Lipinski definition) is 5. The van der Waals surface area contributed by atoms with E-state index in [2.05, 4.69) is 15.1 Å². The Hall–Kier alpha value is -2.43. The maximum absolute atomic E-state index is 5.72. The molecule has 16 heavy (non-hydrogen) atoms. The first kappa shape index (κ1) is 8.84. The molecule has 2 aromatic heterocycles. The fraction of sp³-hybridized carbons (Fsp3) is 0. The molecule has 0 radical (unpaired) electrons. The third kappa shape index (κ3) is 1.30. The highest BCUT2D eigenvalue weighted by molar-refractivity contribution is 5.89. The van der Waals surface area contributed by atoms with Crippen molar-refractivity contribution >= 4 is 16.8 Å². The zero-order valence-electron chi connectivity index (χ0n) is 8.29. The van der Waals surface area contributed by atoms with Crippen LogP contribution in [0.25, 0.3) is 22.4 Å². The molecule has 78 valence electrons. The van der Waals surface area contributed by atoms with Crippen LogP contribution in [-0.4, -0.2) is 15.1 Å². The summed E-state index contributed by atoms with van der Waals surface area (Å²) < 4.78 is 5.10. The first-order chi connectivity index (χ1) is 7.84. The molecule has 0 bridgehead atoms. The van der Waals surface area contributed by atoms with Crippen LogP contribution < -0.4 is 5.73 Å². The highest BCUT2D eigenvalue weighted by atomic mass is 16.5. The Morgan fingerprint density at radius 1 is 1.25 bits per heavy atom. The molecule has 2 N–H and O–H groups in total. The molecule has 0 spiro atoms. The predicted molar refractivity (Wildman–Crippen MR) is 59.4 cm³/mol. The number of nitrogen functional groups attached to an aromatic ring is 1. The van der Waals surface area contributed by atoms with Crippen LogP contribution in [0.1, 0.15) is 0 Å². The van der Waals surface area contributed by atoms with E-state index in [-0.39, 0.29) is 0 Å². The Morgan fingerprint density at radius 2 is 2.19 bits per heavy atom. The zero-order valence-corrected chi connectivity index (χ0v) is 8.29. The lowest BCUT2D eigenvalue weighted by Crippen LogP contribution is -1.85. The van der Waals surface area contributed by atoms with Gasteiger partial charge in [0.2, 0.25) is 0 Å². The van der Waals surface area contributed by atoms with E-state index in [1.807, 2.05) is 24.3 Å². The lowest BCUT2D eigenvalue weighted by atomic mass is 10.1. The predicted octanol–water partition coefficient (Wildman–Crippen LogP) is 1.87. The summed E-state index contributed by atoms with van der Waals surface area (Å²) >= 11 is 0. The van der Waals surface area contributed by atoms with Gasteiger partial charge in [-0.25, -0.2) is 4.98 Å². The molecule has 5 nitrogen and oxygen atoms in total. The number of aromatic nitrogens is 3.